The second-order valence-electron chi connectivity index (χ2n) is 5.33. The maximum atomic E-state index is 5.78. The molecular formula is C19H20O5. The average molecular weight is 328 g/mol. The standard InChI is InChI=1S/C19H20O5/c1-20-15-6-5-12-7-14(11-24-16(12)10-15)13-8-17(21-2)19(23-4)18(9-13)22-3/h5-6,8-11H,7H2,1-4H3. The maximum absolute atomic E-state index is 5.78. The topological polar surface area (TPSA) is 46.2 Å². The van der Waals surface area contributed by atoms with Crippen LogP contribution in [0.15, 0.2) is 36.6 Å². The maximum Gasteiger partial charge on any atom is 0.203 e. The molecule has 0 saturated heterocycles. The fourth-order valence-corrected chi connectivity index (χ4v) is 2.74. The normalized spacial score (nSPS) is 12.6. The molecule has 0 N–H and O–H groups in total. The summed E-state index contributed by atoms with van der Waals surface area (Å²) in [4.78, 5) is 0. The number of rotatable bonds is 5. The predicted octanol–water partition coefficient (Wildman–Crippen LogP) is 3.70. The van der Waals surface area contributed by atoms with E-state index in [1.807, 2.05) is 30.3 Å². The molecule has 5 nitrogen and oxygen atoms in total. The third-order valence-corrected chi connectivity index (χ3v) is 4.02. The zero-order valence-electron chi connectivity index (χ0n) is 14.2. The third-order valence-electron chi connectivity index (χ3n) is 4.02. The van der Waals surface area contributed by atoms with Crippen LogP contribution in [0.1, 0.15) is 11.1 Å². The van der Waals surface area contributed by atoms with Gasteiger partial charge in [0.25, 0.3) is 0 Å². The molecule has 0 unspecified atom stereocenters. The molecule has 0 bridgehead atoms. The molecule has 0 aromatic heterocycles. The van der Waals surface area contributed by atoms with Gasteiger partial charge < -0.3 is 23.7 Å². The van der Waals surface area contributed by atoms with Gasteiger partial charge in [-0.15, -0.1) is 0 Å². The molecule has 0 spiro atoms. The highest BCUT2D eigenvalue weighted by Gasteiger charge is 2.19. The lowest BCUT2D eigenvalue weighted by Crippen LogP contribution is -2.04. The van der Waals surface area contributed by atoms with Crippen LogP contribution in [0.25, 0.3) is 5.57 Å². The molecule has 1 heterocycles. The van der Waals surface area contributed by atoms with Crippen molar-refractivity contribution < 1.29 is 23.7 Å². The summed E-state index contributed by atoms with van der Waals surface area (Å²) < 4.78 is 27.2. The minimum atomic E-state index is 0.575. The van der Waals surface area contributed by atoms with Crippen molar-refractivity contribution in [3.05, 3.63) is 47.7 Å². The van der Waals surface area contributed by atoms with E-state index in [2.05, 4.69) is 0 Å². The van der Waals surface area contributed by atoms with Crippen LogP contribution >= 0.6 is 0 Å². The highest BCUT2D eigenvalue weighted by atomic mass is 16.5. The van der Waals surface area contributed by atoms with E-state index in [9.17, 15) is 0 Å². The van der Waals surface area contributed by atoms with Crippen molar-refractivity contribution in [1.82, 2.24) is 0 Å². The molecule has 1 aliphatic heterocycles. The minimum Gasteiger partial charge on any atom is -0.497 e. The zero-order chi connectivity index (χ0) is 17.1. The van der Waals surface area contributed by atoms with Gasteiger partial charge in [-0.25, -0.2) is 0 Å². The Morgan fingerprint density at radius 1 is 0.833 bits per heavy atom. The van der Waals surface area contributed by atoms with Gasteiger partial charge in [-0.1, -0.05) is 6.07 Å². The Labute approximate surface area is 141 Å². The smallest absolute Gasteiger partial charge is 0.203 e. The first-order valence-corrected chi connectivity index (χ1v) is 7.53. The number of fused-ring (bicyclic) bond motifs is 1. The predicted molar refractivity (Wildman–Crippen MR) is 91.4 cm³/mol. The first-order chi connectivity index (χ1) is 11.7. The third kappa shape index (κ3) is 2.85. The largest absolute Gasteiger partial charge is 0.497 e. The highest BCUT2D eigenvalue weighted by molar-refractivity contribution is 5.74. The number of hydrogen-bond donors (Lipinski definition) is 0. The van der Waals surface area contributed by atoms with Gasteiger partial charge in [0, 0.05) is 12.5 Å². The monoisotopic (exact) mass is 328 g/mol. The fourth-order valence-electron chi connectivity index (χ4n) is 2.74. The summed E-state index contributed by atoms with van der Waals surface area (Å²) >= 11 is 0. The summed E-state index contributed by atoms with van der Waals surface area (Å²) in [5, 5.41) is 0. The summed E-state index contributed by atoms with van der Waals surface area (Å²) in [7, 11) is 6.44. The quantitative estimate of drug-likeness (QED) is 0.837. The van der Waals surface area contributed by atoms with Gasteiger partial charge in [-0.2, -0.15) is 0 Å². The van der Waals surface area contributed by atoms with E-state index in [0.717, 1.165) is 34.6 Å². The van der Waals surface area contributed by atoms with Gasteiger partial charge in [-0.05, 0) is 34.9 Å². The Morgan fingerprint density at radius 3 is 2.12 bits per heavy atom. The molecule has 0 atom stereocenters. The van der Waals surface area contributed by atoms with Gasteiger partial charge in [0.1, 0.15) is 11.5 Å². The van der Waals surface area contributed by atoms with Crippen molar-refractivity contribution in [3.63, 3.8) is 0 Å². The van der Waals surface area contributed by atoms with Crippen molar-refractivity contribution in [3.8, 4) is 28.7 Å². The molecule has 24 heavy (non-hydrogen) atoms. The highest BCUT2D eigenvalue weighted by Crippen LogP contribution is 2.42. The summed E-state index contributed by atoms with van der Waals surface area (Å²) in [5.74, 6) is 3.40. The van der Waals surface area contributed by atoms with Gasteiger partial charge >= 0.3 is 0 Å². The van der Waals surface area contributed by atoms with E-state index >= 15 is 0 Å². The molecular weight excluding hydrogens is 308 g/mol. The van der Waals surface area contributed by atoms with Crippen LogP contribution in [-0.4, -0.2) is 28.4 Å². The van der Waals surface area contributed by atoms with Crippen molar-refractivity contribution in [2.45, 2.75) is 6.42 Å². The molecule has 3 rings (SSSR count). The van der Waals surface area contributed by atoms with Gasteiger partial charge in [0.15, 0.2) is 11.5 Å². The Balaban J connectivity index is 1.97. The van der Waals surface area contributed by atoms with Crippen molar-refractivity contribution in [1.29, 1.82) is 0 Å². The fraction of sp³-hybridized carbons (Fsp3) is 0.263. The molecule has 2 aromatic rings. The molecule has 1 aliphatic rings. The van der Waals surface area contributed by atoms with E-state index in [1.54, 1.807) is 34.7 Å². The van der Waals surface area contributed by atoms with E-state index in [4.69, 9.17) is 23.7 Å². The molecule has 0 saturated carbocycles. The average Bonchev–Trinajstić information content (AvgIpc) is 2.65. The summed E-state index contributed by atoms with van der Waals surface area (Å²) in [5.41, 5.74) is 3.10. The number of hydrogen-bond acceptors (Lipinski definition) is 5. The van der Waals surface area contributed by atoms with Gasteiger partial charge in [0.2, 0.25) is 5.75 Å². The zero-order valence-corrected chi connectivity index (χ0v) is 14.2. The van der Waals surface area contributed by atoms with Gasteiger partial charge in [-0.3, -0.25) is 0 Å². The molecule has 0 aliphatic carbocycles. The Hall–Kier alpha value is -2.82. The number of methoxy groups -OCH3 is 4. The number of benzene rings is 2. The number of allylic oxidation sites excluding steroid dienone is 1. The van der Waals surface area contributed by atoms with E-state index in [1.165, 1.54) is 0 Å². The van der Waals surface area contributed by atoms with Crippen LogP contribution in [0, 0.1) is 0 Å². The molecule has 0 amide bonds. The number of ether oxygens (including phenoxy) is 5. The molecule has 2 aromatic carbocycles. The summed E-state index contributed by atoms with van der Waals surface area (Å²) in [6, 6.07) is 9.67. The van der Waals surface area contributed by atoms with Crippen LogP contribution in [0.5, 0.6) is 28.7 Å². The van der Waals surface area contributed by atoms with Crippen molar-refractivity contribution >= 4 is 5.57 Å². The Kier molecular flexibility index (Phi) is 4.51. The lowest BCUT2D eigenvalue weighted by molar-refractivity contribution is 0.324. The summed E-state index contributed by atoms with van der Waals surface area (Å²) in [6.07, 6.45) is 2.50. The minimum absolute atomic E-state index is 0.575. The van der Waals surface area contributed by atoms with Crippen LogP contribution in [-0.2, 0) is 6.42 Å². The van der Waals surface area contributed by atoms with E-state index < -0.39 is 0 Å². The molecule has 0 radical (unpaired) electrons. The summed E-state index contributed by atoms with van der Waals surface area (Å²) in [6.45, 7) is 0. The molecule has 0 fully saturated rings. The SMILES string of the molecule is COc1ccc2c(c1)OC=C(c1cc(OC)c(OC)c(OC)c1)C2. The van der Waals surface area contributed by atoms with Crippen LogP contribution in [0.3, 0.4) is 0 Å². The Bertz CT molecular complexity index is 754. The van der Waals surface area contributed by atoms with Crippen LogP contribution in [0.2, 0.25) is 0 Å². The van der Waals surface area contributed by atoms with Crippen molar-refractivity contribution in [2.24, 2.45) is 0 Å². The van der Waals surface area contributed by atoms with Gasteiger partial charge in [0.05, 0.1) is 34.7 Å². The second-order valence-corrected chi connectivity index (χ2v) is 5.33. The van der Waals surface area contributed by atoms with E-state index in [-0.39, 0.29) is 0 Å². The molecule has 5 heteroatoms. The van der Waals surface area contributed by atoms with Crippen molar-refractivity contribution in [2.75, 3.05) is 28.4 Å². The van der Waals surface area contributed by atoms with Crippen LogP contribution in [0.4, 0.5) is 0 Å². The van der Waals surface area contributed by atoms with E-state index in [0.29, 0.717) is 17.2 Å². The molecule has 126 valence electrons. The Morgan fingerprint density at radius 2 is 1.54 bits per heavy atom. The lowest BCUT2D eigenvalue weighted by Gasteiger charge is -2.20. The lowest BCUT2D eigenvalue weighted by atomic mass is 9.96. The first-order valence-electron chi connectivity index (χ1n) is 7.53. The van der Waals surface area contributed by atoms with Crippen LogP contribution < -0.4 is 23.7 Å². The first kappa shape index (κ1) is 16.1. The second kappa shape index (κ2) is 6.74.